The molecule has 46 heavy (non-hydrogen) atoms. The lowest BCUT2D eigenvalue weighted by atomic mass is 9.92. The highest BCUT2D eigenvalue weighted by Crippen LogP contribution is 2.40. The van der Waals surface area contributed by atoms with Crippen molar-refractivity contribution in [1.29, 1.82) is 0 Å². The molecule has 1 saturated heterocycles. The number of aromatic nitrogens is 1. The van der Waals surface area contributed by atoms with Gasteiger partial charge in [-0.1, -0.05) is 35.3 Å². The molecule has 0 aliphatic carbocycles. The molecule has 0 radical (unpaired) electrons. The van der Waals surface area contributed by atoms with E-state index in [1.165, 1.54) is 0 Å². The van der Waals surface area contributed by atoms with Crippen molar-refractivity contribution in [3.05, 3.63) is 93.6 Å². The van der Waals surface area contributed by atoms with Crippen LogP contribution in [0.25, 0.3) is 10.9 Å². The maximum atomic E-state index is 13.6. The van der Waals surface area contributed by atoms with Crippen molar-refractivity contribution in [2.75, 3.05) is 49.9 Å². The van der Waals surface area contributed by atoms with E-state index in [4.69, 9.17) is 32.7 Å². The smallest absolute Gasteiger partial charge is 0.416 e. The van der Waals surface area contributed by atoms with E-state index in [2.05, 4.69) is 23.8 Å². The van der Waals surface area contributed by atoms with Gasteiger partial charge in [0, 0.05) is 46.3 Å². The van der Waals surface area contributed by atoms with Crippen molar-refractivity contribution in [2.24, 2.45) is 0 Å². The predicted octanol–water partition coefficient (Wildman–Crippen LogP) is 7.49. The van der Waals surface area contributed by atoms with E-state index in [0.717, 1.165) is 27.7 Å². The first kappa shape index (κ1) is 33.0. The molecule has 12 heteroatoms. The van der Waals surface area contributed by atoms with E-state index in [0.29, 0.717) is 66.2 Å². The Morgan fingerprint density at radius 3 is 2.20 bits per heavy atom. The molecule has 6 rings (SSSR count). The number of hydrogen-bond acceptors (Lipinski definition) is 5. The van der Waals surface area contributed by atoms with Crippen LogP contribution in [0.3, 0.4) is 0 Å². The van der Waals surface area contributed by atoms with Gasteiger partial charge >= 0.3 is 6.09 Å². The number of rotatable bonds is 8. The number of nitrogens with zero attached hydrogens (tertiary/aromatic N) is 2. The third-order valence-electron chi connectivity index (χ3n) is 8.59. The van der Waals surface area contributed by atoms with Gasteiger partial charge in [-0.25, -0.2) is 27.5 Å². The molecular weight excluding hydrogens is 665 g/mol. The van der Waals surface area contributed by atoms with E-state index in [1.807, 2.05) is 42.5 Å². The van der Waals surface area contributed by atoms with Gasteiger partial charge in [-0.05, 0) is 110 Å². The van der Waals surface area contributed by atoms with Crippen LogP contribution in [0.4, 0.5) is 4.79 Å². The summed E-state index contributed by atoms with van der Waals surface area (Å²) in [6.07, 6.45) is 7.81. The second kappa shape index (κ2) is 13.3. The molecule has 0 spiro atoms. The highest BCUT2D eigenvalue weighted by molar-refractivity contribution is 8.32. The molecule has 2 aliphatic heterocycles. The topological polar surface area (TPSA) is 91.9 Å². The fraction of sp³-hybridized carbons (Fsp3) is 0.382. The van der Waals surface area contributed by atoms with Crippen molar-refractivity contribution < 1.29 is 22.7 Å². The second-order valence-corrected chi connectivity index (χ2v) is 20.3. The molecule has 1 aromatic heterocycles. The monoisotopic (exact) mass is 703 g/mol. The van der Waals surface area contributed by atoms with Crippen LogP contribution >= 0.6 is 33.2 Å². The normalized spacial score (nSPS) is 18.4. The Kier molecular flexibility index (Phi) is 9.56. The summed E-state index contributed by atoms with van der Waals surface area (Å²) in [7, 11) is -4.14. The number of amides is 1. The lowest BCUT2D eigenvalue weighted by Crippen LogP contribution is -2.43. The number of aromatic amines is 1. The summed E-state index contributed by atoms with van der Waals surface area (Å²) in [5.74, 6) is 2.04. The minimum absolute atomic E-state index is 0.0730. The van der Waals surface area contributed by atoms with E-state index in [-0.39, 0.29) is 11.9 Å². The molecule has 8 nitrogen and oxygen atoms in total. The van der Waals surface area contributed by atoms with Gasteiger partial charge in [-0.3, -0.25) is 4.90 Å². The first-order chi connectivity index (χ1) is 21.9. The molecule has 1 N–H and O–H groups in total. The van der Waals surface area contributed by atoms with Gasteiger partial charge < -0.3 is 14.5 Å². The quantitative estimate of drug-likeness (QED) is 0.205. The number of ether oxygens (including phenoxy) is 2. The highest BCUT2D eigenvalue weighted by Gasteiger charge is 2.36. The second-order valence-electron chi connectivity index (χ2n) is 12.8. The first-order valence-corrected chi connectivity index (χ1v) is 20.7. The zero-order valence-electron chi connectivity index (χ0n) is 26.2. The van der Waals surface area contributed by atoms with Crippen LogP contribution in [0.5, 0.6) is 11.5 Å². The number of hydrogen-bond donors (Lipinski definition) is 1. The average Bonchev–Trinajstić information content (AvgIpc) is 3.39. The van der Waals surface area contributed by atoms with E-state index in [9.17, 15) is 13.2 Å². The number of carbonyl (C=O) groups excluding carboxylic acids is 1. The van der Waals surface area contributed by atoms with Crippen LogP contribution in [0.2, 0.25) is 10.0 Å². The highest BCUT2D eigenvalue weighted by atomic mass is 35.5. The van der Waals surface area contributed by atoms with Crippen molar-refractivity contribution in [3.63, 3.8) is 0 Å². The summed E-state index contributed by atoms with van der Waals surface area (Å²) in [6, 6.07) is 19.9. The molecule has 2 aliphatic rings. The van der Waals surface area contributed by atoms with Gasteiger partial charge in [-0.15, -0.1) is 0 Å². The summed E-state index contributed by atoms with van der Waals surface area (Å²) < 4.78 is 39.5. The van der Waals surface area contributed by atoms with Crippen LogP contribution in [-0.2, 0) is 16.4 Å². The molecule has 3 aromatic carbocycles. The minimum atomic E-state index is -3.26. The Hall–Kier alpha value is -2.89. The zero-order chi connectivity index (χ0) is 32.6. The van der Waals surface area contributed by atoms with E-state index >= 15 is 0 Å². The number of sulfonamides is 1. The van der Waals surface area contributed by atoms with Crippen molar-refractivity contribution >= 4 is 60.2 Å². The number of nitrogens with one attached hydrogen (secondary N) is 1. The number of H-pyrrole nitrogens is 1. The number of carbonyl (C=O) groups is 1. The van der Waals surface area contributed by atoms with Gasteiger partial charge in [0.05, 0.1) is 5.75 Å². The number of benzene rings is 3. The van der Waals surface area contributed by atoms with Crippen molar-refractivity contribution in [3.8, 4) is 11.5 Å². The lowest BCUT2D eigenvalue weighted by Gasteiger charge is -2.35. The third-order valence-corrected chi connectivity index (χ3v) is 12.6. The molecule has 0 bridgehead atoms. The Bertz CT molecular complexity index is 1810. The van der Waals surface area contributed by atoms with Crippen LogP contribution in [-0.4, -0.2) is 84.7 Å². The molecule has 1 atom stereocenters. The van der Waals surface area contributed by atoms with Crippen LogP contribution < -0.4 is 9.47 Å². The first-order valence-electron chi connectivity index (χ1n) is 15.3. The summed E-state index contributed by atoms with van der Waals surface area (Å²) >= 11 is 12.4. The maximum Gasteiger partial charge on any atom is 0.416 e. The molecule has 3 heterocycles. The Balaban J connectivity index is 1.19. The average molecular weight is 705 g/mol. The molecule has 246 valence electrons. The Morgan fingerprint density at radius 2 is 1.52 bits per heavy atom. The standard InChI is InChI=1S/C34H39Cl2N3O5S2/c1-45(2,3)20-21-46(41,42)38-17-14-28(15-18-38)43-26-9-4-23(5-10-26)33-32-29(30-22-25(36)8-13-31(30)37-32)16-19-39(33)34(40)44-27-11-6-24(35)7-12-27/h4-13,22,28,33,37H,14-21H2,1-3H3. The summed E-state index contributed by atoms with van der Waals surface area (Å²) in [4.78, 5) is 18.9. The van der Waals surface area contributed by atoms with Crippen molar-refractivity contribution in [2.45, 2.75) is 31.4 Å². The van der Waals surface area contributed by atoms with Crippen LogP contribution in [0, 0.1) is 0 Å². The fourth-order valence-corrected chi connectivity index (χ4v) is 10.3. The number of piperidine rings is 1. The molecule has 1 amide bonds. The van der Waals surface area contributed by atoms with Gasteiger partial charge in [0.2, 0.25) is 10.0 Å². The lowest BCUT2D eigenvalue weighted by molar-refractivity contribution is 0.134. The minimum Gasteiger partial charge on any atom is -0.490 e. The SMILES string of the molecule is CS(C)(C)CCS(=O)(=O)N1CCC(Oc2ccc(C3c4[nH]c5ccc(Cl)cc5c4CCN3C(=O)Oc3ccc(Cl)cc3)cc2)CC1. The third kappa shape index (κ3) is 7.47. The molecular formula is C34H39Cl2N3O5S2. The zero-order valence-corrected chi connectivity index (χ0v) is 29.3. The van der Waals surface area contributed by atoms with Gasteiger partial charge in [0.25, 0.3) is 0 Å². The summed E-state index contributed by atoms with van der Waals surface area (Å²) in [6.45, 7) is 1.38. The molecule has 1 fully saturated rings. The molecule has 1 unspecified atom stereocenters. The summed E-state index contributed by atoms with van der Waals surface area (Å²) in [5.41, 5.74) is 3.91. The largest absolute Gasteiger partial charge is 0.490 e. The van der Waals surface area contributed by atoms with Gasteiger partial charge in [0.15, 0.2) is 0 Å². The molecule has 4 aromatic rings. The van der Waals surface area contributed by atoms with Gasteiger partial charge in [0.1, 0.15) is 23.6 Å². The predicted molar refractivity (Wildman–Crippen MR) is 189 cm³/mol. The fourth-order valence-electron chi connectivity index (χ4n) is 6.10. The van der Waals surface area contributed by atoms with Crippen LogP contribution in [0.15, 0.2) is 66.7 Å². The van der Waals surface area contributed by atoms with E-state index in [1.54, 1.807) is 33.5 Å². The number of fused-ring (bicyclic) bond motifs is 3. The Morgan fingerprint density at radius 1 is 0.870 bits per heavy atom. The van der Waals surface area contributed by atoms with Gasteiger partial charge in [-0.2, -0.15) is 0 Å². The van der Waals surface area contributed by atoms with E-state index < -0.39 is 32.2 Å². The number of halogens is 2. The van der Waals surface area contributed by atoms with Crippen LogP contribution in [0.1, 0.15) is 35.7 Å². The van der Waals surface area contributed by atoms with Crippen molar-refractivity contribution in [1.82, 2.24) is 14.2 Å². The Labute approximate surface area is 282 Å². The summed E-state index contributed by atoms with van der Waals surface area (Å²) in [5, 5.41) is 2.27. The molecule has 0 saturated carbocycles. The maximum absolute atomic E-state index is 13.6.